The number of hydrogen-bond donors (Lipinski definition) is 0. The number of alkyl halides is 1. The number of carbonyl (C=O) groups is 1. The molecule has 0 aliphatic carbocycles. The van der Waals surface area contributed by atoms with Crippen LogP contribution in [-0.4, -0.2) is 6.29 Å². The van der Waals surface area contributed by atoms with E-state index in [-0.39, 0.29) is 0 Å². The normalized spacial score (nSPS) is 9.64. The molecule has 1 aromatic rings. The van der Waals surface area contributed by atoms with Crippen molar-refractivity contribution in [1.82, 2.24) is 0 Å². The Morgan fingerprint density at radius 1 is 1.55 bits per heavy atom. The smallest absolute Gasteiger partial charge is 0.150 e. The van der Waals surface area contributed by atoms with Gasteiger partial charge in [-0.3, -0.25) is 4.79 Å². The van der Waals surface area contributed by atoms with E-state index in [9.17, 15) is 4.79 Å². The molecule has 0 bridgehead atoms. The summed E-state index contributed by atoms with van der Waals surface area (Å²) < 4.78 is 0. The van der Waals surface area contributed by atoms with Crippen LogP contribution in [0.5, 0.6) is 0 Å². The maximum Gasteiger partial charge on any atom is 0.150 e. The molecular weight excluding hydrogens is 204 g/mol. The van der Waals surface area contributed by atoms with Crippen molar-refractivity contribution in [3.05, 3.63) is 34.9 Å². The monoisotopic (exact) mass is 212 g/mol. The molecule has 1 nitrogen and oxygen atoms in total. The lowest BCUT2D eigenvalue weighted by Crippen LogP contribution is -1.87. The lowest BCUT2D eigenvalue weighted by atomic mass is 10.1. The summed E-state index contributed by atoms with van der Waals surface area (Å²) in [6.07, 6.45) is 0.866. The zero-order valence-corrected chi connectivity index (χ0v) is 7.89. The highest BCUT2D eigenvalue weighted by Crippen LogP contribution is 2.12. The van der Waals surface area contributed by atoms with Gasteiger partial charge in [0, 0.05) is 10.9 Å². The molecule has 1 aromatic carbocycles. The summed E-state index contributed by atoms with van der Waals surface area (Å²) in [5.41, 5.74) is 3.13. The molecule has 0 aliphatic heterocycles. The van der Waals surface area contributed by atoms with Gasteiger partial charge in [0.25, 0.3) is 0 Å². The van der Waals surface area contributed by atoms with Crippen LogP contribution in [0.15, 0.2) is 18.2 Å². The lowest BCUT2D eigenvalue weighted by molar-refractivity contribution is 0.112. The molecule has 0 unspecified atom stereocenters. The minimum atomic E-state index is 0.743. The minimum absolute atomic E-state index is 0.743. The van der Waals surface area contributed by atoms with Gasteiger partial charge in [-0.1, -0.05) is 28.1 Å². The Kier molecular flexibility index (Phi) is 2.83. The number of halogens is 1. The molecule has 0 atom stereocenters. The lowest BCUT2D eigenvalue weighted by Gasteiger charge is -2.00. The largest absolute Gasteiger partial charge is 0.298 e. The fourth-order valence-corrected chi connectivity index (χ4v) is 1.57. The van der Waals surface area contributed by atoms with E-state index in [1.54, 1.807) is 0 Å². The Morgan fingerprint density at radius 2 is 2.27 bits per heavy atom. The number of hydrogen-bond acceptors (Lipinski definition) is 1. The third kappa shape index (κ3) is 1.90. The van der Waals surface area contributed by atoms with E-state index in [1.807, 2.05) is 25.1 Å². The van der Waals surface area contributed by atoms with Crippen molar-refractivity contribution in [3.63, 3.8) is 0 Å². The molecular formula is C9H9BrO. The second-order valence-electron chi connectivity index (χ2n) is 2.44. The average Bonchev–Trinajstić information content (AvgIpc) is 2.04. The number of aldehydes is 1. The third-order valence-corrected chi connectivity index (χ3v) is 2.25. The molecule has 0 spiro atoms. The van der Waals surface area contributed by atoms with Crippen molar-refractivity contribution in [1.29, 1.82) is 0 Å². The third-order valence-electron chi connectivity index (χ3n) is 1.65. The maximum absolute atomic E-state index is 10.3. The fraction of sp³-hybridized carbons (Fsp3) is 0.222. The van der Waals surface area contributed by atoms with Crippen LogP contribution in [0.25, 0.3) is 0 Å². The van der Waals surface area contributed by atoms with Gasteiger partial charge >= 0.3 is 0 Å². The molecule has 2 heteroatoms. The summed E-state index contributed by atoms with van der Waals surface area (Å²) in [7, 11) is 0. The fourth-order valence-electron chi connectivity index (χ4n) is 0.942. The van der Waals surface area contributed by atoms with Gasteiger partial charge in [0.1, 0.15) is 6.29 Å². The predicted molar refractivity (Wildman–Crippen MR) is 49.2 cm³/mol. The molecule has 0 heterocycles. The topological polar surface area (TPSA) is 17.1 Å². The minimum Gasteiger partial charge on any atom is -0.298 e. The van der Waals surface area contributed by atoms with Crippen molar-refractivity contribution >= 4 is 22.2 Å². The highest BCUT2D eigenvalue weighted by molar-refractivity contribution is 9.08. The summed E-state index contributed by atoms with van der Waals surface area (Å²) >= 11 is 3.37. The van der Waals surface area contributed by atoms with E-state index >= 15 is 0 Å². The van der Waals surface area contributed by atoms with Crippen LogP contribution < -0.4 is 0 Å². The molecule has 0 radical (unpaired) electrons. The summed E-state index contributed by atoms with van der Waals surface area (Å²) in [6.45, 7) is 2.00. The first-order chi connectivity index (χ1) is 5.27. The van der Waals surface area contributed by atoms with Crippen LogP contribution >= 0.6 is 15.9 Å². The van der Waals surface area contributed by atoms with E-state index in [0.717, 1.165) is 22.7 Å². The summed E-state index contributed by atoms with van der Waals surface area (Å²) in [5.74, 6) is 0. The number of aryl methyl sites for hydroxylation is 1. The maximum atomic E-state index is 10.3. The van der Waals surface area contributed by atoms with E-state index < -0.39 is 0 Å². The molecule has 0 saturated heterocycles. The summed E-state index contributed by atoms with van der Waals surface area (Å²) in [4.78, 5) is 10.3. The standard InChI is InChI=1S/C9H9BrO/c1-7-4-8(6-11)2-3-9(7)5-10/h2-4,6H,5H2,1H3. The van der Waals surface area contributed by atoms with Gasteiger partial charge in [-0.2, -0.15) is 0 Å². The van der Waals surface area contributed by atoms with Gasteiger partial charge in [-0.25, -0.2) is 0 Å². The zero-order chi connectivity index (χ0) is 8.27. The highest BCUT2D eigenvalue weighted by Gasteiger charge is 1.96. The van der Waals surface area contributed by atoms with E-state index in [1.165, 1.54) is 5.56 Å². The Bertz CT molecular complexity index is 268. The second-order valence-corrected chi connectivity index (χ2v) is 3.00. The summed E-state index contributed by atoms with van der Waals surface area (Å²) in [5, 5.41) is 0.845. The van der Waals surface area contributed by atoms with Crippen molar-refractivity contribution < 1.29 is 4.79 Å². The van der Waals surface area contributed by atoms with Crippen molar-refractivity contribution in [2.45, 2.75) is 12.3 Å². The van der Waals surface area contributed by atoms with Crippen LogP contribution in [0.4, 0.5) is 0 Å². The molecule has 0 aliphatic rings. The average molecular weight is 213 g/mol. The van der Waals surface area contributed by atoms with Gasteiger partial charge in [-0.05, 0) is 24.1 Å². The van der Waals surface area contributed by atoms with Crippen LogP contribution in [0, 0.1) is 6.92 Å². The van der Waals surface area contributed by atoms with Crippen LogP contribution in [-0.2, 0) is 5.33 Å². The Hall–Kier alpha value is -0.630. The Labute approximate surface area is 74.6 Å². The zero-order valence-electron chi connectivity index (χ0n) is 6.30. The first kappa shape index (κ1) is 8.47. The molecule has 0 fully saturated rings. The predicted octanol–water partition coefficient (Wildman–Crippen LogP) is 2.70. The van der Waals surface area contributed by atoms with Crippen molar-refractivity contribution in [2.75, 3.05) is 0 Å². The molecule has 1 rings (SSSR count). The van der Waals surface area contributed by atoms with Gasteiger partial charge < -0.3 is 0 Å². The van der Waals surface area contributed by atoms with Gasteiger partial charge in [0.15, 0.2) is 0 Å². The van der Waals surface area contributed by atoms with Crippen LogP contribution in [0.2, 0.25) is 0 Å². The number of benzene rings is 1. The Morgan fingerprint density at radius 3 is 2.73 bits per heavy atom. The molecule has 58 valence electrons. The van der Waals surface area contributed by atoms with E-state index in [4.69, 9.17) is 0 Å². The highest BCUT2D eigenvalue weighted by atomic mass is 79.9. The van der Waals surface area contributed by atoms with Gasteiger partial charge in [-0.15, -0.1) is 0 Å². The number of carbonyl (C=O) groups excluding carboxylic acids is 1. The first-order valence-electron chi connectivity index (χ1n) is 3.38. The van der Waals surface area contributed by atoms with Gasteiger partial charge in [0.2, 0.25) is 0 Å². The van der Waals surface area contributed by atoms with Crippen LogP contribution in [0.1, 0.15) is 21.5 Å². The molecule has 11 heavy (non-hydrogen) atoms. The Balaban J connectivity index is 3.09. The molecule has 0 aromatic heterocycles. The molecule has 0 N–H and O–H groups in total. The molecule has 0 saturated carbocycles. The van der Waals surface area contributed by atoms with Crippen molar-refractivity contribution in [2.24, 2.45) is 0 Å². The summed E-state index contributed by atoms with van der Waals surface area (Å²) in [6, 6.07) is 5.69. The number of rotatable bonds is 2. The van der Waals surface area contributed by atoms with Crippen molar-refractivity contribution in [3.8, 4) is 0 Å². The second kappa shape index (κ2) is 3.67. The van der Waals surface area contributed by atoms with Crippen LogP contribution in [0.3, 0.4) is 0 Å². The first-order valence-corrected chi connectivity index (χ1v) is 4.50. The van der Waals surface area contributed by atoms with E-state index in [2.05, 4.69) is 15.9 Å². The quantitative estimate of drug-likeness (QED) is 0.545. The van der Waals surface area contributed by atoms with E-state index in [0.29, 0.717) is 0 Å². The molecule has 0 amide bonds. The van der Waals surface area contributed by atoms with Gasteiger partial charge in [0.05, 0.1) is 0 Å². The SMILES string of the molecule is Cc1cc(C=O)ccc1CBr.